The lowest BCUT2D eigenvalue weighted by atomic mass is 10.2. The summed E-state index contributed by atoms with van der Waals surface area (Å²) >= 11 is 15.2. The lowest BCUT2D eigenvalue weighted by Gasteiger charge is -2.22. The Morgan fingerprint density at radius 1 is 1.16 bits per heavy atom. The van der Waals surface area contributed by atoms with Crippen LogP contribution in [0.2, 0.25) is 10.0 Å². The standard InChI is InChI=1S/C16H15BrCl2N2O3S/c1-10-5-14(3-4-15(10)17)21(25(2,23)24)9-16(22)20-13-7-11(18)6-12(19)8-13/h3-8H,9H2,1-2H3,(H,20,22). The molecule has 2 aromatic carbocycles. The van der Waals surface area contributed by atoms with Crippen molar-refractivity contribution in [3.8, 4) is 0 Å². The van der Waals surface area contributed by atoms with Crippen LogP contribution in [0.25, 0.3) is 0 Å². The van der Waals surface area contributed by atoms with E-state index in [4.69, 9.17) is 23.2 Å². The first-order valence-electron chi connectivity index (χ1n) is 7.06. The van der Waals surface area contributed by atoms with E-state index in [1.54, 1.807) is 18.2 Å². The average Bonchev–Trinajstić information content (AvgIpc) is 2.45. The Morgan fingerprint density at radius 3 is 2.28 bits per heavy atom. The van der Waals surface area contributed by atoms with Gasteiger partial charge in [-0.05, 0) is 48.9 Å². The van der Waals surface area contributed by atoms with Crippen molar-refractivity contribution >= 4 is 66.4 Å². The van der Waals surface area contributed by atoms with Crippen molar-refractivity contribution in [3.63, 3.8) is 0 Å². The smallest absolute Gasteiger partial charge is 0.245 e. The lowest BCUT2D eigenvalue weighted by Crippen LogP contribution is -2.37. The van der Waals surface area contributed by atoms with Crippen molar-refractivity contribution in [1.82, 2.24) is 0 Å². The molecule has 0 aromatic heterocycles. The number of halogens is 3. The largest absolute Gasteiger partial charge is 0.324 e. The molecule has 9 heteroatoms. The molecule has 134 valence electrons. The Labute approximate surface area is 165 Å². The molecule has 0 heterocycles. The van der Waals surface area contributed by atoms with Crippen LogP contribution in [0, 0.1) is 6.92 Å². The molecule has 0 fully saturated rings. The normalized spacial score (nSPS) is 11.2. The van der Waals surface area contributed by atoms with E-state index in [0.717, 1.165) is 20.6 Å². The predicted octanol–water partition coefficient (Wildman–Crippen LogP) is 4.47. The molecule has 0 saturated carbocycles. The number of sulfonamides is 1. The Hall–Kier alpha value is -1.28. The van der Waals surface area contributed by atoms with E-state index in [0.29, 0.717) is 21.4 Å². The molecule has 1 N–H and O–H groups in total. The van der Waals surface area contributed by atoms with Crippen LogP contribution in [-0.4, -0.2) is 27.1 Å². The molecule has 0 unspecified atom stereocenters. The van der Waals surface area contributed by atoms with Crippen LogP contribution in [0.1, 0.15) is 5.56 Å². The third-order valence-electron chi connectivity index (χ3n) is 3.26. The monoisotopic (exact) mass is 464 g/mol. The van der Waals surface area contributed by atoms with E-state index in [1.165, 1.54) is 18.2 Å². The van der Waals surface area contributed by atoms with Crippen LogP contribution in [0.3, 0.4) is 0 Å². The first kappa shape index (κ1) is 20.0. The fraction of sp³-hybridized carbons (Fsp3) is 0.188. The average molecular weight is 466 g/mol. The number of carbonyl (C=O) groups is 1. The van der Waals surface area contributed by atoms with Crippen LogP contribution in [0.5, 0.6) is 0 Å². The molecule has 0 spiro atoms. The van der Waals surface area contributed by atoms with Crippen LogP contribution < -0.4 is 9.62 Å². The maximum Gasteiger partial charge on any atom is 0.245 e. The predicted molar refractivity (Wildman–Crippen MR) is 106 cm³/mol. The summed E-state index contributed by atoms with van der Waals surface area (Å²) in [5.41, 5.74) is 1.65. The zero-order valence-electron chi connectivity index (χ0n) is 13.4. The third kappa shape index (κ3) is 5.60. The summed E-state index contributed by atoms with van der Waals surface area (Å²) in [6.07, 6.45) is 1.05. The van der Waals surface area contributed by atoms with E-state index in [-0.39, 0.29) is 6.54 Å². The molecule has 0 aliphatic rings. The van der Waals surface area contributed by atoms with Crippen molar-refractivity contribution < 1.29 is 13.2 Å². The number of benzene rings is 2. The van der Waals surface area contributed by atoms with Gasteiger partial charge in [-0.2, -0.15) is 0 Å². The number of hydrogen-bond acceptors (Lipinski definition) is 3. The second kappa shape index (κ2) is 7.95. The molecule has 0 bridgehead atoms. The number of nitrogens with zero attached hydrogens (tertiary/aromatic N) is 1. The van der Waals surface area contributed by atoms with Crippen LogP contribution in [0.4, 0.5) is 11.4 Å². The summed E-state index contributed by atoms with van der Waals surface area (Å²) in [4.78, 5) is 12.3. The van der Waals surface area contributed by atoms with E-state index in [1.807, 2.05) is 6.92 Å². The number of aryl methyl sites for hydroxylation is 1. The lowest BCUT2D eigenvalue weighted by molar-refractivity contribution is -0.114. The van der Waals surface area contributed by atoms with Crippen molar-refractivity contribution in [3.05, 3.63) is 56.5 Å². The molecule has 2 rings (SSSR count). The van der Waals surface area contributed by atoms with Gasteiger partial charge in [-0.25, -0.2) is 8.42 Å². The summed E-state index contributed by atoms with van der Waals surface area (Å²) in [6, 6.07) is 9.64. The third-order valence-corrected chi connectivity index (χ3v) is 5.73. The number of carbonyl (C=O) groups excluding carboxylic acids is 1. The minimum Gasteiger partial charge on any atom is -0.324 e. The fourth-order valence-corrected chi connectivity index (χ4v) is 3.76. The highest BCUT2D eigenvalue weighted by atomic mass is 79.9. The van der Waals surface area contributed by atoms with Gasteiger partial charge in [0.15, 0.2) is 0 Å². The molecular weight excluding hydrogens is 451 g/mol. The summed E-state index contributed by atoms with van der Waals surface area (Å²) < 4.78 is 26.1. The molecule has 0 radical (unpaired) electrons. The number of anilines is 2. The second-order valence-corrected chi connectivity index (χ2v) is 9.04. The highest BCUT2D eigenvalue weighted by molar-refractivity contribution is 9.10. The van der Waals surface area contributed by atoms with Gasteiger partial charge in [0.1, 0.15) is 6.54 Å². The molecule has 0 aliphatic heterocycles. The molecule has 5 nitrogen and oxygen atoms in total. The van der Waals surface area contributed by atoms with Gasteiger partial charge >= 0.3 is 0 Å². The van der Waals surface area contributed by atoms with Gasteiger partial charge < -0.3 is 5.32 Å². The molecule has 2 aromatic rings. The molecule has 25 heavy (non-hydrogen) atoms. The SMILES string of the molecule is Cc1cc(N(CC(=O)Nc2cc(Cl)cc(Cl)c2)S(C)(=O)=O)ccc1Br. The van der Waals surface area contributed by atoms with Gasteiger partial charge in [0.25, 0.3) is 0 Å². The maximum absolute atomic E-state index is 12.3. The Morgan fingerprint density at radius 2 is 1.76 bits per heavy atom. The molecule has 0 aliphatic carbocycles. The Bertz CT molecular complexity index is 899. The highest BCUT2D eigenvalue weighted by Crippen LogP contribution is 2.25. The van der Waals surface area contributed by atoms with E-state index < -0.39 is 15.9 Å². The Kier molecular flexibility index (Phi) is 6.37. The summed E-state index contributed by atoms with van der Waals surface area (Å²) in [7, 11) is -3.65. The van der Waals surface area contributed by atoms with Crippen molar-refractivity contribution in [1.29, 1.82) is 0 Å². The van der Waals surface area contributed by atoms with E-state index >= 15 is 0 Å². The Balaban J connectivity index is 2.25. The van der Waals surface area contributed by atoms with E-state index in [9.17, 15) is 13.2 Å². The number of hydrogen-bond donors (Lipinski definition) is 1. The van der Waals surface area contributed by atoms with Gasteiger partial charge in [-0.3, -0.25) is 9.10 Å². The van der Waals surface area contributed by atoms with Gasteiger partial charge in [0, 0.05) is 20.2 Å². The van der Waals surface area contributed by atoms with Crippen molar-refractivity contribution in [2.75, 3.05) is 22.4 Å². The summed E-state index contributed by atoms with van der Waals surface area (Å²) in [5.74, 6) is -0.510. The van der Waals surface area contributed by atoms with E-state index in [2.05, 4.69) is 21.2 Å². The van der Waals surface area contributed by atoms with Crippen molar-refractivity contribution in [2.45, 2.75) is 6.92 Å². The quantitative estimate of drug-likeness (QED) is 0.708. The highest BCUT2D eigenvalue weighted by Gasteiger charge is 2.21. The maximum atomic E-state index is 12.3. The van der Waals surface area contributed by atoms with Gasteiger partial charge in [-0.1, -0.05) is 39.1 Å². The molecule has 1 amide bonds. The topological polar surface area (TPSA) is 66.5 Å². The minimum absolute atomic E-state index is 0.367. The summed E-state index contributed by atoms with van der Waals surface area (Å²) in [5, 5.41) is 3.33. The number of amides is 1. The fourth-order valence-electron chi connectivity index (χ4n) is 2.14. The van der Waals surface area contributed by atoms with Gasteiger partial charge in [0.05, 0.1) is 11.9 Å². The van der Waals surface area contributed by atoms with Crippen LogP contribution in [-0.2, 0) is 14.8 Å². The second-order valence-electron chi connectivity index (χ2n) is 5.41. The number of rotatable bonds is 5. The first-order chi connectivity index (χ1) is 11.6. The van der Waals surface area contributed by atoms with Crippen molar-refractivity contribution in [2.24, 2.45) is 0 Å². The first-order valence-corrected chi connectivity index (χ1v) is 10.5. The molecule has 0 atom stereocenters. The van der Waals surface area contributed by atoms with Gasteiger partial charge in [-0.15, -0.1) is 0 Å². The zero-order chi connectivity index (χ0) is 18.8. The van der Waals surface area contributed by atoms with Crippen LogP contribution in [0.15, 0.2) is 40.9 Å². The number of nitrogens with one attached hydrogen (secondary N) is 1. The summed E-state index contributed by atoms with van der Waals surface area (Å²) in [6.45, 7) is 1.46. The minimum atomic E-state index is -3.65. The zero-order valence-corrected chi connectivity index (χ0v) is 17.3. The molecule has 0 saturated heterocycles. The van der Waals surface area contributed by atoms with Crippen LogP contribution >= 0.6 is 39.1 Å². The molecular formula is C16H15BrCl2N2O3S. The van der Waals surface area contributed by atoms with Gasteiger partial charge in [0.2, 0.25) is 15.9 Å².